The summed E-state index contributed by atoms with van der Waals surface area (Å²) in [6.07, 6.45) is 0. The molecule has 304 valence electrons. The van der Waals surface area contributed by atoms with Crippen molar-refractivity contribution in [3.8, 4) is 66.8 Å². The van der Waals surface area contributed by atoms with Gasteiger partial charge in [0.05, 0.1) is 0 Å². The molecule has 1 aliphatic carbocycles. The zero-order valence-corrected chi connectivity index (χ0v) is 36.4. The minimum absolute atomic E-state index is 0.107. The van der Waals surface area contributed by atoms with Crippen molar-refractivity contribution in [2.75, 3.05) is 0 Å². The van der Waals surface area contributed by atoms with Crippen molar-refractivity contribution in [2.24, 2.45) is 0 Å². The van der Waals surface area contributed by atoms with Crippen molar-refractivity contribution >= 4 is 53.9 Å². The molecule has 0 atom stereocenters. The third-order valence-electron chi connectivity index (χ3n) is 14.4. The summed E-state index contributed by atoms with van der Waals surface area (Å²) in [5.74, 6) is 0. The van der Waals surface area contributed by atoms with Crippen LogP contribution >= 0.6 is 0 Å². The van der Waals surface area contributed by atoms with Crippen molar-refractivity contribution in [3.63, 3.8) is 0 Å². The van der Waals surface area contributed by atoms with Gasteiger partial charge in [0.2, 0.25) is 0 Å². The standard InChI is InChI=1S/C65H44/c1-65(2)59-27-15-14-20-49(59)50-36-35-48(40-60(50)65)64-56-26-13-12-25-55(56)63(57-37-34-47(39-58(57)64)46-33-28-41-16-6-7-19-45(41)38-46)44-31-29-43(30-32-44)62-53-23-10-8-21-51(53)61(42-17-4-3-5-18-42)52-22-9-11-24-54(52)62/h3-40H,1-2H3. The zero-order chi connectivity index (χ0) is 43.2. The van der Waals surface area contributed by atoms with Gasteiger partial charge in [-0.25, -0.2) is 0 Å². The molecule has 0 heteroatoms. The first-order valence-corrected chi connectivity index (χ1v) is 22.8. The molecule has 12 aromatic rings. The van der Waals surface area contributed by atoms with Gasteiger partial charge in [-0.2, -0.15) is 0 Å². The van der Waals surface area contributed by atoms with E-state index in [9.17, 15) is 0 Å². The Morgan fingerprint density at radius 2 is 0.631 bits per heavy atom. The minimum Gasteiger partial charge on any atom is -0.0622 e. The van der Waals surface area contributed by atoms with Gasteiger partial charge in [0.25, 0.3) is 0 Å². The van der Waals surface area contributed by atoms with Gasteiger partial charge < -0.3 is 0 Å². The Labute approximate surface area is 379 Å². The molecule has 0 unspecified atom stereocenters. The maximum atomic E-state index is 2.49. The molecule has 0 saturated heterocycles. The molecule has 1 aliphatic rings. The number of hydrogen-bond donors (Lipinski definition) is 0. The molecule has 0 fully saturated rings. The van der Waals surface area contributed by atoms with E-state index in [1.165, 1.54) is 132 Å². The van der Waals surface area contributed by atoms with Crippen LogP contribution < -0.4 is 0 Å². The van der Waals surface area contributed by atoms with E-state index in [1.54, 1.807) is 0 Å². The molecule has 13 rings (SSSR count). The summed E-state index contributed by atoms with van der Waals surface area (Å²) in [6, 6.07) is 86.1. The van der Waals surface area contributed by atoms with Crippen molar-refractivity contribution in [1.29, 1.82) is 0 Å². The minimum atomic E-state index is -0.107. The molecular formula is C65H44. The molecule has 0 bridgehead atoms. The molecule has 0 amide bonds. The van der Waals surface area contributed by atoms with Gasteiger partial charge in [-0.15, -0.1) is 0 Å². The van der Waals surface area contributed by atoms with Crippen molar-refractivity contribution in [2.45, 2.75) is 19.3 Å². The third-order valence-corrected chi connectivity index (χ3v) is 14.4. The fourth-order valence-corrected chi connectivity index (χ4v) is 11.4. The van der Waals surface area contributed by atoms with Crippen molar-refractivity contribution in [3.05, 3.63) is 242 Å². The number of fused-ring (bicyclic) bond motifs is 8. The third kappa shape index (κ3) is 5.77. The van der Waals surface area contributed by atoms with Gasteiger partial charge in [0, 0.05) is 5.41 Å². The van der Waals surface area contributed by atoms with Gasteiger partial charge in [-0.05, 0) is 150 Å². The van der Waals surface area contributed by atoms with Crippen molar-refractivity contribution in [1.82, 2.24) is 0 Å². The average molecular weight is 825 g/mol. The van der Waals surface area contributed by atoms with Crippen LogP contribution in [0.4, 0.5) is 0 Å². The lowest BCUT2D eigenvalue weighted by molar-refractivity contribution is 0.660. The Hall–Kier alpha value is -8.06. The lowest BCUT2D eigenvalue weighted by Gasteiger charge is -2.23. The van der Waals surface area contributed by atoms with Crippen LogP contribution in [0.3, 0.4) is 0 Å². The Bertz CT molecular complexity index is 3830. The fraction of sp³-hybridized carbons (Fsp3) is 0.0462. The quantitative estimate of drug-likeness (QED) is 0.152. The summed E-state index contributed by atoms with van der Waals surface area (Å²) in [6.45, 7) is 4.76. The van der Waals surface area contributed by atoms with E-state index in [-0.39, 0.29) is 5.41 Å². The van der Waals surface area contributed by atoms with Crippen LogP contribution in [0.25, 0.3) is 121 Å². The van der Waals surface area contributed by atoms with Crippen molar-refractivity contribution < 1.29 is 0 Å². The Morgan fingerprint density at radius 3 is 1.23 bits per heavy atom. The number of rotatable bonds is 5. The Balaban J connectivity index is 1.04. The van der Waals surface area contributed by atoms with Gasteiger partial charge in [-0.1, -0.05) is 226 Å². The first-order chi connectivity index (χ1) is 32.0. The number of benzene rings is 12. The van der Waals surface area contributed by atoms with Crippen LogP contribution in [0.2, 0.25) is 0 Å². The number of hydrogen-bond acceptors (Lipinski definition) is 0. The van der Waals surface area contributed by atoms with E-state index in [4.69, 9.17) is 0 Å². The maximum Gasteiger partial charge on any atom is 0.0159 e. The van der Waals surface area contributed by atoms with Crippen LogP contribution in [0.15, 0.2) is 231 Å². The summed E-state index contributed by atoms with van der Waals surface area (Å²) in [5.41, 5.74) is 17.8. The Morgan fingerprint density at radius 1 is 0.231 bits per heavy atom. The molecule has 0 nitrogen and oxygen atoms in total. The Kier molecular flexibility index (Phi) is 8.36. The van der Waals surface area contributed by atoms with Crippen LogP contribution in [0.1, 0.15) is 25.0 Å². The normalized spacial score (nSPS) is 12.9. The fourth-order valence-electron chi connectivity index (χ4n) is 11.4. The molecule has 0 saturated carbocycles. The second-order valence-corrected chi connectivity index (χ2v) is 18.3. The van der Waals surface area contributed by atoms with E-state index in [0.29, 0.717) is 0 Å². The molecule has 0 N–H and O–H groups in total. The SMILES string of the molecule is CC1(C)c2ccccc2-c2ccc(-c3c4ccccc4c(-c4ccc(-c5c6ccccc6c(-c6ccccc6)c6ccccc56)cc4)c4ccc(-c5ccc6ccccc6c5)cc34)cc21. The van der Waals surface area contributed by atoms with Gasteiger partial charge >= 0.3 is 0 Å². The predicted molar refractivity (Wildman–Crippen MR) is 279 cm³/mol. The van der Waals surface area contributed by atoms with E-state index >= 15 is 0 Å². The summed E-state index contributed by atoms with van der Waals surface area (Å²) in [5, 5.41) is 12.6. The molecule has 0 heterocycles. The van der Waals surface area contributed by atoms with E-state index < -0.39 is 0 Å². The van der Waals surface area contributed by atoms with Gasteiger partial charge in [-0.3, -0.25) is 0 Å². The molecular weight excluding hydrogens is 781 g/mol. The predicted octanol–water partition coefficient (Wildman–Crippen LogP) is 18.1. The summed E-state index contributed by atoms with van der Waals surface area (Å²) in [7, 11) is 0. The second-order valence-electron chi connectivity index (χ2n) is 18.3. The van der Waals surface area contributed by atoms with Gasteiger partial charge in [0.15, 0.2) is 0 Å². The van der Waals surface area contributed by atoms with Gasteiger partial charge in [0.1, 0.15) is 0 Å². The molecule has 12 aromatic carbocycles. The van der Waals surface area contributed by atoms with Crippen LogP contribution in [-0.4, -0.2) is 0 Å². The lowest BCUT2D eigenvalue weighted by atomic mass is 9.80. The van der Waals surface area contributed by atoms with E-state index in [0.717, 1.165) is 0 Å². The maximum absolute atomic E-state index is 2.49. The lowest BCUT2D eigenvalue weighted by Crippen LogP contribution is -2.14. The summed E-state index contributed by atoms with van der Waals surface area (Å²) in [4.78, 5) is 0. The highest BCUT2D eigenvalue weighted by atomic mass is 14.4. The molecule has 65 heavy (non-hydrogen) atoms. The largest absolute Gasteiger partial charge is 0.0622 e. The highest BCUT2D eigenvalue weighted by molar-refractivity contribution is 6.23. The monoisotopic (exact) mass is 824 g/mol. The molecule has 0 aliphatic heterocycles. The highest BCUT2D eigenvalue weighted by Crippen LogP contribution is 2.52. The first kappa shape index (κ1) is 37.5. The summed E-state index contributed by atoms with van der Waals surface area (Å²) >= 11 is 0. The van der Waals surface area contributed by atoms with E-state index in [2.05, 4.69) is 244 Å². The van der Waals surface area contributed by atoms with Crippen LogP contribution in [-0.2, 0) is 5.41 Å². The molecule has 0 radical (unpaired) electrons. The van der Waals surface area contributed by atoms with Crippen LogP contribution in [0, 0.1) is 0 Å². The summed E-state index contributed by atoms with van der Waals surface area (Å²) < 4.78 is 0. The molecule has 0 spiro atoms. The van der Waals surface area contributed by atoms with E-state index in [1.807, 2.05) is 0 Å². The topological polar surface area (TPSA) is 0 Å². The highest BCUT2D eigenvalue weighted by Gasteiger charge is 2.35. The zero-order valence-electron chi connectivity index (χ0n) is 36.4. The second kappa shape index (κ2) is 14.5. The smallest absolute Gasteiger partial charge is 0.0159 e. The first-order valence-electron chi connectivity index (χ1n) is 22.8. The van der Waals surface area contributed by atoms with Crippen LogP contribution in [0.5, 0.6) is 0 Å². The molecule has 0 aromatic heterocycles. The average Bonchev–Trinajstić information content (AvgIpc) is 3.59.